The number of alkyl halides is 2. The molecule has 0 amide bonds. The summed E-state index contributed by atoms with van der Waals surface area (Å²) in [6.07, 6.45) is 0. The van der Waals surface area contributed by atoms with E-state index in [2.05, 4.69) is 15.9 Å². The molecule has 0 unspecified atom stereocenters. The molecule has 0 heterocycles. The van der Waals surface area contributed by atoms with E-state index >= 15 is 0 Å². The fourth-order valence-corrected chi connectivity index (χ4v) is 1.89. The van der Waals surface area contributed by atoms with Gasteiger partial charge in [0.25, 0.3) is 0 Å². The van der Waals surface area contributed by atoms with Crippen LogP contribution in [0.1, 0.15) is 5.56 Å². The molecule has 5 heteroatoms. The lowest BCUT2D eigenvalue weighted by molar-refractivity contribution is 0.258. The van der Waals surface area contributed by atoms with Crippen LogP contribution in [0.4, 0.5) is 4.39 Å². The summed E-state index contributed by atoms with van der Waals surface area (Å²) < 4.78 is 23.1. The Hall–Kier alpha value is -0.480. The maximum absolute atomic E-state index is 12.0. The molecule has 0 atom stereocenters. The Balaban J connectivity index is 3.01. The van der Waals surface area contributed by atoms with Gasteiger partial charge < -0.3 is 9.47 Å². The Kier molecular flexibility index (Phi) is 5.19. The monoisotopic (exact) mass is 296 g/mol. The average Bonchev–Trinajstić information content (AvgIpc) is 2.26. The van der Waals surface area contributed by atoms with Crippen LogP contribution >= 0.6 is 27.5 Å². The Labute approximate surface area is 101 Å². The van der Waals surface area contributed by atoms with Crippen LogP contribution in [0.5, 0.6) is 11.5 Å². The molecule has 0 bridgehead atoms. The van der Waals surface area contributed by atoms with E-state index < -0.39 is 6.67 Å². The summed E-state index contributed by atoms with van der Waals surface area (Å²) in [5.41, 5.74) is 0.910. The summed E-state index contributed by atoms with van der Waals surface area (Å²) in [4.78, 5) is 0. The van der Waals surface area contributed by atoms with Crippen LogP contribution in [0.15, 0.2) is 16.6 Å². The first kappa shape index (κ1) is 12.6. The molecule has 0 N–H and O–H groups in total. The lowest BCUT2D eigenvalue weighted by Crippen LogP contribution is -2.01. The third kappa shape index (κ3) is 3.24. The highest BCUT2D eigenvalue weighted by Gasteiger charge is 2.11. The fourth-order valence-electron chi connectivity index (χ4n) is 1.13. The zero-order valence-corrected chi connectivity index (χ0v) is 10.6. The van der Waals surface area contributed by atoms with Crippen molar-refractivity contribution in [2.75, 3.05) is 20.4 Å². The molecule has 0 fully saturated rings. The molecular formula is C10H11BrClFO2. The fraction of sp³-hybridized carbons (Fsp3) is 0.400. The minimum atomic E-state index is -0.535. The van der Waals surface area contributed by atoms with E-state index in [9.17, 15) is 4.39 Å². The predicted molar refractivity (Wildman–Crippen MR) is 61.7 cm³/mol. The van der Waals surface area contributed by atoms with Crippen molar-refractivity contribution < 1.29 is 13.9 Å². The third-order valence-electron chi connectivity index (χ3n) is 1.77. The number of benzene rings is 1. The lowest BCUT2D eigenvalue weighted by Gasteiger charge is -2.12. The maximum atomic E-state index is 12.0. The van der Waals surface area contributed by atoms with Gasteiger partial charge in [0.1, 0.15) is 13.3 Å². The quantitative estimate of drug-likeness (QED) is 0.774. The van der Waals surface area contributed by atoms with Crippen LogP contribution in [-0.4, -0.2) is 20.4 Å². The molecular weight excluding hydrogens is 286 g/mol. The summed E-state index contributed by atoms with van der Waals surface area (Å²) in [7, 11) is 1.53. The highest BCUT2D eigenvalue weighted by Crippen LogP contribution is 2.36. The maximum Gasteiger partial charge on any atom is 0.175 e. The number of rotatable bonds is 5. The average molecular weight is 298 g/mol. The van der Waals surface area contributed by atoms with E-state index in [1.54, 1.807) is 6.07 Å². The minimum absolute atomic E-state index is 0.00911. The second-order valence-electron chi connectivity index (χ2n) is 2.78. The first-order valence-electron chi connectivity index (χ1n) is 4.34. The SMILES string of the molecule is COc1cc(CCl)cc(Br)c1OCCF. The van der Waals surface area contributed by atoms with Crippen molar-refractivity contribution in [1.29, 1.82) is 0 Å². The second kappa shape index (κ2) is 6.18. The van der Waals surface area contributed by atoms with Crippen LogP contribution in [-0.2, 0) is 5.88 Å². The van der Waals surface area contributed by atoms with E-state index in [0.29, 0.717) is 21.9 Å². The van der Waals surface area contributed by atoms with Gasteiger partial charge >= 0.3 is 0 Å². The largest absolute Gasteiger partial charge is 0.493 e. The Morgan fingerprint density at radius 1 is 1.47 bits per heavy atom. The van der Waals surface area contributed by atoms with Crippen LogP contribution in [0.25, 0.3) is 0 Å². The Bertz CT molecular complexity index is 333. The minimum Gasteiger partial charge on any atom is -0.493 e. The summed E-state index contributed by atoms with van der Waals surface area (Å²) in [5, 5.41) is 0. The van der Waals surface area contributed by atoms with Crippen LogP contribution in [0, 0.1) is 0 Å². The van der Waals surface area contributed by atoms with Gasteiger partial charge in [-0.1, -0.05) is 0 Å². The van der Waals surface area contributed by atoms with Gasteiger partial charge in [-0.25, -0.2) is 4.39 Å². The van der Waals surface area contributed by atoms with Crippen molar-refractivity contribution in [3.8, 4) is 11.5 Å². The van der Waals surface area contributed by atoms with Crippen LogP contribution in [0.3, 0.4) is 0 Å². The van der Waals surface area contributed by atoms with Crippen molar-refractivity contribution in [2.45, 2.75) is 5.88 Å². The van der Waals surface area contributed by atoms with E-state index in [4.69, 9.17) is 21.1 Å². The summed E-state index contributed by atoms with van der Waals surface area (Å²) >= 11 is 9.03. The zero-order valence-electron chi connectivity index (χ0n) is 8.23. The number of hydrogen-bond acceptors (Lipinski definition) is 2. The first-order chi connectivity index (χ1) is 7.22. The first-order valence-corrected chi connectivity index (χ1v) is 5.66. The molecule has 0 aliphatic heterocycles. The number of halogens is 3. The molecule has 1 aromatic carbocycles. The Morgan fingerprint density at radius 2 is 2.20 bits per heavy atom. The van der Waals surface area contributed by atoms with Gasteiger partial charge in [-0.15, -0.1) is 11.6 Å². The highest BCUT2D eigenvalue weighted by molar-refractivity contribution is 9.10. The van der Waals surface area contributed by atoms with Crippen molar-refractivity contribution in [3.05, 3.63) is 22.2 Å². The predicted octanol–water partition coefficient (Wildman–Crippen LogP) is 3.54. The van der Waals surface area contributed by atoms with E-state index in [0.717, 1.165) is 5.56 Å². The van der Waals surface area contributed by atoms with Crippen molar-refractivity contribution in [3.63, 3.8) is 0 Å². The van der Waals surface area contributed by atoms with Crippen molar-refractivity contribution in [1.82, 2.24) is 0 Å². The molecule has 1 rings (SSSR count). The van der Waals surface area contributed by atoms with E-state index in [-0.39, 0.29) is 6.61 Å². The Morgan fingerprint density at radius 3 is 2.73 bits per heavy atom. The molecule has 0 aromatic heterocycles. The molecule has 0 aliphatic carbocycles. The molecule has 1 aromatic rings. The topological polar surface area (TPSA) is 18.5 Å². The van der Waals surface area contributed by atoms with Crippen LogP contribution in [0.2, 0.25) is 0 Å². The van der Waals surface area contributed by atoms with Crippen molar-refractivity contribution >= 4 is 27.5 Å². The zero-order chi connectivity index (χ0) is 11.3. The van der Waals surface area contributed by atoms with Gasteiger partial charge in [-0.3, -0.25) is 0 Å². The summed E-state index contributed by atoms with van der Waals surface area (Å²) in [6.45, 7) is -0.526. The van der Waals surface area contributed by atoms with E-state index in [1.807, 2.05) is 6.07 Å². The summed E-state index contributed by atoms with van der Waals surface area (Å²) in [5.74, 6) is 1.44. The van der Waals surface area contributed by atoms with Gasteiger partial charge in [0.2, 0.25) is 0 Å². The number of hydrogen-bond donors (Lipinski definition) is 0. The third-order valence-corrected chi connectivity index (χ3v) is 2.66. The van der Waals surface area contributed by atoms with Gasteiger partial charge in [-0.05, 0) is 33.6 Å². The smallest absolute Gasteiger partial charge is 0.175 e. The van der Waals surface area contributed by atoms with Gasteiger partial charge in [0.05, 0.1) is 11.6 Å². The van der Waals surface area contributed by atoms with E-state index in [1.165, 1.54) is 7.11 Å². The molecule has 84 valence electrons. The van der Waals surface area contributed by atoms with Gasteiger partial charge in [0.15, 0.2) is 11.5 Å². The molecule has 0 saturated heterocycles. The molecule has 0 aliphatic rings. The number of methoxy groups -OCH3 is 1. The van der Waals surface area contributed by atoms with Gasteiger partial charge in [0, 0.05) is 5.88 Å². The molecule has 15 heavy (non-hydrogen) atoms. The van der Waals surface area contributed by atoms with Crippen LogP contribution < -0.4 is 9.47 Å². The molecule has 2 nitrogen and oxygen atoms in total. The highest BCUT2D eigenvalue weighted by atomic mass is 79.9. The van der Waals surface area contributed by atoms with Gasteiger partial charge in [-0.2, -0.15) is 0 Å². The summed E-state index contributed by atoms with van der Waals surface area (Å²) in [6, 6.07) is 3.59. The lowest BCUT2D eigenvalue weighted by atomic mass is 10.2. The molecule has 0 spiro atoms. The standard InChI is InChI=1S/C10H11BrClFO2/c1-14-9-5-7(6-12)4-8(11)10(9)15-3-2-13/h4-5H,2-3,6H2,1H3. The molecule has 0 saturated carbocycles. The van der Waals surface area contributed by atoms with Crippen molar-refractivity contribution in [2.24, 2.45) is 0 Å². The normalized spacial score (nSPS) is 10.1. The second-order valence-corrected chi connectivity index (χ2v) is 3.90. The number of ether oxygens (including phenoxy) is 2. The molecule has 0 radical (unpaired) electrons.